The highest BCUT2D eigenvalue weighted by Crippen LogP contribution is 2.24. The molecule has 0 aliphatic rings. The molecule has 0 atom stereocenters. The number of benzene rings is 1. The van der Waals surface area contributed by atoms with E-state index in [2.05, 4.69) is 28.5 Å². The van der Waals surface area contributed by atoms with Crippen LogP contribution in [0.3, 0.4) is 0 Å². The predicted octanol–water partition coefficient (Wildman–Crippen LogP) is 3.47. The summed E-state index contributed by atoms with van der Waals surface area (Å²) in [6, 6.07) is 7.86. The fourth-order valence-electron chi connectivity index (χ4n) is 2.06. The molecule has 20 heavy (non-hydrogen) atoms. The fourth-order valence-corrected chi connectivity index (χ4v) is 2.88. The van der Waals surface area contributed by atoms with Gasteiger partial charge < -0.3 is 10.3 Å². The Morgan fingerprint density at radius 3 is 2.90 bits per heavy atom. The van der Waals surface area contributed by atoms with Crippen LogP contribution in [0.5, 0.6) is 0 Å². The molecule has 0 amide bonds. The molecule has 3 aromatic rings. The van der Waals surface area contributed by atoms with Gasteiger partial charge in [-0.2, -0.15) is 16.3 Å². The van der Waals surface area contributed by atoms with Gasteiger partial charge in [-0.25, -0.2) is 0 Å². The van der Waals surface area contributed by atoms with Crippen molar-refractivity contribution in [3.8, 4) is 11.4 Å². The summed E-state index contributed by atoms with van der Waals surface area (Å²) in [5.74, 6) is 1.33. The van der Waals surface area contributed by atoms with Crippen LogP contribution < -0.4 is 5.73 Å². The molecule has 0 fully saturated rings. The van der Waals surface area contributed by atoms with E-state index in [0.29, 0.717) is 11.7 Å². The van der Waals surface area contributed by atoms with Crippen LogP contribution in [-0.4, -0.2) is 10.1 Å². The first kappa shape index (κ1) is 12.9. The van der Waals surface area contributed by atoms with Crippen LogP contribution in [0.15, 0.2) is 39.5 Å². The molecule has 2 aromatic heterocycles. The van der Waals surface area contributed by atoms with Crippen molar-refractivity contribution in [2.75, 3.05) is 5.73 Å². The molecule has 0 aliphatic carbocycles. The molecule has 4 nitrogen and oxygen atoms in total. The Balaban J connectivity index is 1.70. The van der Waals surface area contributed by atoms with Crippen molar-refractivity contribution in [2.24, 2.45) is 0 Å². The summed E-state index contributed by atoms with van der Waals surface area (Å²) in [4.78, 5) is 4.45. The van der Waals surface area contributed by atoms with Gasteiger partial charge in [0.2, 0.25) is 11.7 Å². The standard InChI is InChI=1S/C15H15N3OS/c1-10-8-20-9-13(10)15-17-14(19-18-15)6-5-11-3-2-4-12(16)7-11/h2-4,7-9H,5-6,16H2,1H3. The van der Waals surface area contributed by atoms with Crippen molar-refractivity contribution >= 4 is 17.0 Å². The van der Waals surface area contributed by atoms with Crippen molar-refractivity contribution in [1.29, 1.82) is 0 Å². The highest BCUT2D eigenvalue weighted by Gasteiger charge is 2.11. The third kappa shape index (κ3) is 2.72. The normalized spacial score (nSPS) is 10.8. The lowest BCUT2D eigenvalue weighted by molar-refractivity contribution is 0.379. The summed E-state index contributed by atoms with van der Waals surface area (Å²) in [5, 5.41) is 8.17. The summed E-state index contributed by atoms with van der Waals surface area (Å²) < 4.78 is 5.31. The molecule has 0 spiro atoms. The summed E-state index contributed by atoms with van der Waals surface area (Å²) in [6.07, 6.45) is 1.56. The molecule has 1 aromatic carbocycles. The van der Waals surface area contributed by atoms with E-state index >= 15 is 0 Å². The monoisotopic (exact) mass is 285 g/mol. The minimum atomic E-state index is 0.660. The molecule has 0 saturated heterocycles. The Morgan fingerprint density at radius 2 is 2.15 bits per heavy atom. The third-order valence-electron chi connectivity index (χ3n) is 3.14. The summed E-state index contributed by atoms with van der Waals surface area (Å²) >= 11 is 1.65. The van der Waals surface area contributed by atoms with E-state index in [-0.39, 0.29) is 0 Å². The molecule has 102 valence electrons. The van der Waals surface area contributed by atoms with E-state index in [0.717, 1.165) is 24.1 Å². The van der Waals surface area contributed by atoms with Crippen LogP contribution in [0, 0.1) is 6.92 Å². The first-order valence-electron chi connectivity index (χ1n) is 6.42. The van der Waals surface area contributed by atoms with Gasteiger partial charge in [0, 0.05) is 23.1 Å². The van der Waals surface area contributed by atoms with Gasteiger partial charge >= 0.3 is 0 Å². The molecular weight excluding hydrogens is 270 g/mol. The molecule has 2 heterocycles. The number of aromatic nitrogens is 2. The maximum Gasteiger partial charge on any atom is 0.227 e. The topological polar surface area (TPSA) is 64.9 Å². The van der Waals surface area contributed by atoms with Crippen molar-refractivity contribution in [1.82, 2.24) is 10.1 Å². The zero-order chi connectivity index (χ0) is 13.9. The van der Waals surface area contributed by atoms with E-state index in [1.54, 1.807) is 11.3 Å². The smallest absolute Gasteiger partial charge is 0.227 e. The van der Waals surface area contributed by atoms with Gasteiger partial charge in [-0.3, -0.25) is 0 Å². The molecular formula is C15H15N3OS. The Labute approximate surface area is 121 Å². The minimum Gasteiger partial charge on any atom is -0.399 e. The van der Waals surface area contributed by atoms with Gasteiger partial charge in [0.05, 0.1) is 0 Å². The number of anilines is 1. The summed E-state index contributed by atoms with van der Waals surface area (Å²) in [6.45, 7) is 2.05. The predicted molar refractivity (Wildman–Crippen MR) is 80.6 cm³/mol. The number of nitrogen functional groups attached to an aromatic ring is 1. The number of nitrogens with two attached hydrogens (primary N) is 1. The first-order valence-corrected chi connectivity index (χ1v) is 7.37. The van der Waals surface area contributed by atoms with Crippen LogP contribution in [0.4, 0.5) is 5.69 Å². The van der Waals surface area contributed by atoms with E-state index in [1.165, 1.54) is 11.1 Å². The zero-order valence-electron chi connectivity index (χ0n) is 11.2. The van der Waals surface area contributed by atoms with Crippen molar-refractivity contribution < 1.29 is 4.52 Å². The summed E-state index contributed by atoms with van der Waals surface area (Å²) in [7, 11) is 0. The van der Waals surface area contributed by atoms with Crippen molar-refractivity contribution in [3.63, 3.8) is 0 Å². The number of thiophene rings is 1. The number of nitrogens with zero attached hydrogens (tertiary/aromatic N) is 2. The average molecular weight is 285 g/mol. The fraction of sp³-hybridized carbons (Fsp3) is 0.200. The van der Waals surface area contributed by atoms with Crippen LogP contribution in [0.2, 0.25) is 0 Å². The largest absolute Gasteiger partial charge is 0.399 e. The van der Waals surface area contributed by atoms with E-state index in [1.807, 2.05) is 23.6 Å². The number of hydrogen-bond acceptors (Lipinski definition) is 5. The van der Waals surface area contributed by atoms with Gasteiger partial charge in [0.15, 0.2) is 0 Å². The number of rotatable bonds is 4. The Hall–Kier alpha value is -2.14. The highest BCUT2D eigenvalue weighted by molar-refractivity contribution is 7.08. The molecule has 2 N–H and O–H groups in total. The lowest BCUT2D eigenvalue weighted by Gasteiger charge is -1.99. The van der Waals surface area contributed by atoms with Crippen LogP contribution in [0.25, 0.3) is 11.4 Å². The SMILES string of the molecule is Cc1cscc1-c1noc(CCc2cccc(N)c2)n1. The Bertz CT molecular complexity index is 717. The van der Waals surface area contributed by atoms with Crippen LogP contribution in [-0.2, 0) is 12.8 Å². The van der Waals surface area contributed by atoms with Gasteiger partial charge in [-0.15, -0.1) is 0 Å². The van der Waals surface area contributed by atoms with Gasteiger partial charge in [0.25, 0.3) is 0 Å². The molecule has 0 bridgehead atoms. The molecule has 3 rings (SSSR count). The Kier molecular flexibility index (Phi) is 3.52. The maximum absolute atomic E-state index is 5.76. The zero-order valence-corrected chi connectivity index (χ0v) is 12.0. The highest BCUT2D eigenvalue weighted by atomic mass is 32.1. The third-order valence-corrected chi connectivity index (χ3v) is 4.00. The second-order valence-corrected chi connectivity index (χ2v) is 5.47. The van der Waals surface area contributed by atoms with E-state index < -0.39 is 0 Å². The van der Waals surface area contributed by atoms with Gasteiger partial charge in [-0.05, 0) is 42.0 Å². The number of hydrogen-bond donors (Lipinski definition) is 1. The van der Waals surface area contributed by atoms with Crippen LogP contribution >= 0.6 is 11.3 Å². The average Bonchev–Trinajstić information content (AvgIpc) is 3.05. The first-order chi connectivity index (χ1) is 9.72. The molecule has 0 saturated carbocycles. The second kappa shape index (κ2) is 5.46. The molecule has 0 radical (unpaired) electrons. The summed E-state index contributed by atoms with van der Waals surface area (Å²) in [5.41, 5.74) is 9.95. The number of aryl methyl sites for hydroxylation is 3. The molecule has 0 aliphatic heterocycles. The lowest BCUT2D eigenvalue weighted by Crippen LogP contribution is -1.93. The molecule has 5 heteroatoms. The minimum absolute atomic E-state index is 0.660. The Morgan fingerprint density at radius 1 is 1.25 bits per heavy atom. The van der Waals surface area contributed by atoms with Gasteiger partial charge in [0.1, 0.15) is 0 Å². The van der Waals surface area contributed by atoms with E-state index in [4.69, 9.17) is 10.3 Å². The lowest BCUT2D eigenvalue weighted by atomic mass is 10.1. The van der Waals surface area contributed by atoms with Crippen molar-refractivity contribution in [3.05, 3.63) is 52.0 Å². The van der Waals surface area contributed by atoms with Crippen LogP contribution in [0.1, 0.15) is 17.0 Å². The van der Waals surface area contributed by atoms with Crippen molar-refractivity contribution in [2.45, 2.75) is 19.8 Å². The maximum atomic E-state index is 5.76. The van der Waals surface area contributed by atoms with E-state index in [9.17, 15) is 0 Å². The molecule has 0 unspecified atom stereocenters. The quantitative estimate of drug-likeness (QED) is 0.745. The second-order valence-electron chi connectivity index (χ2n) is 4.73. The van der Waals surface area contributed by atoms with Gasteiger partial charge in [-0.1, -0.05) is 17.3 Å².